The van der Waals surface area contributed by atoms with Crippen LogP contribution < -0.4 is 15.4 Å². The smallest absolute Gasteiger partial charge is 0.315 e. The number of carbonyl (C=O) groups is 1. The zero-order valence-electron chi connectivity index (χ0n) is 13.2. The second-order valence-corrected chi connectivity index (χ2v) is 5.68. The highest BCUT2D eigenvalue weighted by molar-refractivity contribution is 5.74. The standard InChI is InChI=1S/C17H25FN2O2/c1-2-22-16-9-8-13(12-15(16)18)10-11-19-17(21)20-14-6-4-3-5-7-14/h8-9,12,14H,2-7,10-11H2,1H3,(H2,19,20,21). The van der Waals surface area contributed by atoms with Crippen molar-refractivity contribution in [2.75, 3.05) is 13.2 Å². The number of carbonyl (C=O) groups excluding carboxylic acids is 1. The number of halogens is 1. The molecule has 5 heteroatoms. The second-order valence-electron chi connectivity index (χ2n) is 5.68. The Morgan fingerprint density at radius 3 is 2.77 bits per heavy atom. The van der Waals surface area contributed by atoms with Gasteiger partial charge in [0.1, 0.15) is 0 Å². The molecule has 0 radical (unpaired) electrons. The van der Waals surface area contributed by atoms with Crippen LogP contribution in [-0.2, 0) is 6.42 Å². The maximum Gasteiger partial charge on any atom is 0.315 e. The molecule has 2 N–H and O–H groups in total. The number of hydrogen-bond acceptors (Lipinski definition) is 2. The monoisotopic (exact) mass is 308 g/mol. The summed E-state index contributed by atoms with van der Waals surface area (Å²) in [5, 5.41) is 5.83. The molecule has 4 nitrogen and oxygen atoms in total. The lowest BCUT2D eigenvalue weighted by atomic mass is 9.96. The molecule has 2 amide bonds. The van der Waals surface area contributed by atoms with Crippen molar-refractivity contribution < 1.29 is 13.9 Å². The molecular formula is C17H25FN2O2. The third-order valence-electron chi connectivity index (χ3n) is 3.94. The van der Waals surface area contributed by atoms with Crippen molar-refractivity contribution in [3.8, 4) is 5.75 Å². The van der Waals surface area contributed by atoms with Crippen LogP contribution in [0.3, 0.4) is 0 Å². The predicted molar refractivity (Wildman–Crippen MR) is 84.7 cm³/mol. The molecule has 1 aromatic rings. The molecule has 0 spiro atoms. The average molecular weight is 308 g/mol. The Kier molecular flexibility index (Phi) is 6.49. The highest BCUT2D eigenvalue weighted by Crippen LogP contribution is 2.19. The molecule has 0 heterocycles. The van der Waals surface area contributed by atoms with E-state index in [2.05, 4.69) is 10.6 Å². The molecule has 0 bridgehead atoms. The number of rotatable bonds is 6. The van der Waals surface area contributed by atoms with Crippen molar-refractivity contribution in [2.24, 2.45) is 0 Å². The van der Waals surface area contributed by atoms with Gasteiger partial charge in [-0.25, -0.2) is 9.18 Å². The van der Waals surface area contributed by atoms with Crippen LogP contribution >= 0.6 is 0 Å². The highest BCUT2D eigenvalue weighted by atomic mass is 19.1. The number of nitrogens with one attached hydrogen (secondary N) is 2. The lowest BCUT2D eigenvalue weighted by molar-refractivity contribution is 0.233. The van der Waals surface area contributed by atoms with Gasteiger partial charge < -0.3 is 15.4 Å². The summed E-state index contributed by atoms with van der Waals surface area (Å²) in [5.41, 5.74) is 0.846. The largest absolute Gasteiger partial charge is 0.491 e. The molecule has 122 valence electrons. The van der Waals surface area contributed by atoms with Crippen molar-refractivity contribution in [3.63, 3.8) is 0 Å². The summed E-state index contributed by atoms with van der Waals surface area (Å²) in [7, 11) is 0. The molecule has 22 heavy (non-hydrogen) atoms. The van der Waals surface area contributed by atoms with E-state index in [0.29, 0.717) is 25.6 Å². The summed E-state index contributed by atoms with van der Waals surface area (Å²) in [6.07, 6.45) is 6.38. The van der Waals surface area contributed by atoms with Gasteiger partial charge in [0.2, 0.25) is 0 Å². The van der Waals surface area contributed by atoms with Crippen molar-refractivity contribution in [1.82, 2.24) is 10.6 Å². The van der Waals surface area contributed by atoms with Gasteiger partial charge in [0.25, 0.3) is 0 Å². The zero-order valence-corrected chi connectivity index (χ0v) is 13.2. The van der Waals surface area contributed by atoms with Gasteiger partial charge in [-0.3, -0.25) is 0 Å². The van der Waals surface area contributed by atoms with Crippen molar-refractivity contribution in [1.29, 1.82) is 0 Å². The van der Waals surface area contributed by atoms with E-state index in [1.54, 1.807) is 6.07 Å². The van der Waals surface area contributed by atoms with E-state index in [1.807, 2.05) is 13.0 Å². The van der Waals surface area contributed by atoms with Crippen LogP contribution in [0.5, 0.6) is 5.75 Å². The Morgan fingerprint density at radius 2 is 2.09 bits per heavy atom. The molecule has 0 saturated heterocycles. The quantitative estimate of drug-likeness (QED) is 0.846. The molecule has 0 aromatic heterocycles. The van der Waals surface area contributed by atoms with Gasteiger partial charge in [-0.15, -0.1) is 0 Å². The van der Waals surface area contributed by atoms with Gasteiger partial charge >= 0.3 is 6.03 Å². The van der Waals surface area contributed by atoms with Crippen LogP contribution in [0.1, 0.15) is 44.6 Å². The average Bonchev–Trinajstić information content (AvgIpc) is 2.51. The maximum atomic E-state index is 13.7. The first kappa shape index (κ1) is 16.6. The van der Waals surface area contributed by atoms with Gasteiger partial charge in [-0.1, -0.05) is 25.3 Å². The fraction of sp³-hybridized carbons (Fsp3) is 0.588. The van der Waals surface area contributed by atoms with Crippen LogP contribution in [0, 0.1) is 5.82 Å². The number of amides is 2. The van der Waals surface area contributed by atoms with Crippen molar-refractivity contribution in [3.05, 3.63) is 29.6 Å². The second kappa shape index (κ2) is 8.61. The Bertz CT molecular complexity index is 488. The normalized spacial score (nSPS) is 15.4. The van der Waals surface area contributed by atoms with Gasteiger partial charge in [-0.2, -0.15) is 0 Å². The van der Waals surface area contributed by atoms with Crippen LogP contribution in [0.2, 0.25) is 0 Å². The first-order chi connectivity index (χ1) is 10.7. The van der Waals surface area contributed by atoms with Crippen molar-refractivity contribution in [2.45, 2.75) is 51.5 Å². The van der Waals surface area contributed by atoms with Crippen LogP contribution in [0.4, 0.5) is 9.18 Å². The highest BCUT2D eigenvalue weighted by Gasteiger charge is 2.15. The van der Waals surface area contributed by atoms with E-state index in [-0.39, 0.29) is 17.6 Å². The fourth-order valence-corrected chi connectivity index (χ4v) is 2.78. The van der Waals surface area contributed by atoms with Gasteiger partial charge in [0, 0.05) is 12.6 Å². The Labute approximate surface area is 131 Å². The number of hydrogen-bond donors (Lipinski definition) is 2. The van der Waals surface area contributed by atoms with E-state index in [0.717, 1.165) is 18.4 Å². The first-order valence-corrected chi connectivity index (χ1v) is 8.14. The van der Waals surface area contributed by atoms with E-state index in [9.17, 15) is 9.18 Å². The lowest BCUT2D eigenvalue weighted by Crippen LogP contribution is -2.43. The minimum Gasteiger partial charge on any atom is -0.491 e. The molecule has 2 rings (SSSR count). The first-order valence-electron chi connectivity index (χ1n) is 8.14. The Hall–Kier alpha value is -1.78. The molecule has 1 aromatic carbocycles. The van der Waals surface area contributed by atoms with Crippen molar-refractivity contribution >= 4 is 6.03 Å². The van der Waals surface area contributed by atoms with Gasteiger partial charge in [0.15, 0.2) is 11.6 Å². The summed E-state index contributed by atoms with van der Waals surface area (Å²) in [6, 6.07) is 5.10. The van der Waals surface area contributed by atoms with E-state index < -0.39 is 0 Å². The third kappa shape index (κ3) is 5.20. The Morgan fingerprint density at radius 1 is 1.32 bits per heavy atom. The van der Waals surface area contributed by atoms with Gasteiger partial charge in [-0.05, 0) is 43.9 Å². The molecule has 0 unspecified atom stereocenters. The molecule has 1 aliphatic rings. The number of ether oxygens (including phenoxy) is 1. The molecule has 1 saturated carbocycles. The summed E-state index contributed by atoms with van der Waals surface area (Å²) in [4.78, 5) is 11.8. The molecule has 1 fully saturated rings. The lowest BCUT2D eigenvalue weighted by Gasteiger charge is -2.22. The van der Waals surface area contributed by atoms with E-state index >= 15 is 0 Å². The summed E-state index contributed by atoms with van der Waals surface area (Å²) < 4.78 is 18.9. The predicted octanol–water partition coefficient (Wildman–Crippen LogP) is 3.40. The van der Waals surface area contributed by atoms with Gasteiger partial charge in [0.05, 0.1) is 6.61 Å². The molecular weight excluding hydrogens is 283 g/mol. The third-order valence-corrected chi connectivity index (χ3v) is 3.94. The zero-order chi connectivity index (χ0) is 15.8. The SMILES string of the molecule is CCOc1ccc(CCNC(=O)NC2CCCCC2)cc1F. The van der Waals surface area contributed by atoms with Crippen LogP contribution in [-0.4, -0.2) is 25.2 Å². The molecule has 1 aliphatic carbocycles. The van der Waals surface area contributed by atoms with E-state index in [4.69, 9.17) is 4.74 Å². The minimum atomic E-state index is -0.356. The summed E-state index contributed by atoms with van der Waals surface area (Å²) >= 11 is 0. The minimum absolute atomic E-state index is 0.127. The molecule has 0 aliphatic heterocycles. The van der Waals surface area contributed by atoms with Crippen LogP contribution in [0.15, 0.2) is 18.2 Å². The number of benzene rings is 1. The summed E-state index contributed by atoms with van der Waals surface area (Å²) in [6.45, 7) is 2.76. The van der Waals surface area contributed by atoms with E-state index in [1.165, 1.54) is 25.3 Å². The summed E-state index contributed by atoms with van der Waals surface area (Å²) in [5.74, 6) is -0.0831. The fourth-order valence-electron chi connectivity index (χ4n) is 2.78. The topological polar surface area (TPSA) is 50.4 Å². The Balaban J connectivity index is 1.71. The number of urea groups is 1. The van der Waals surface area contributed by atoms with Crippen LogP contribution in [0.25, 0.3) is 0 Å². The molecule has 0 atom stereocenters. The maximum absolute atomic E-state index is 13.7.